The van der Waals surface area contributed by atoms with Crippen LogP contribution in [-0.4, -0.2) is 97.7 Å². The monoisotopic (exact) mass is 799 g/mol. The topological polar surface area (TPSA) is 115 Å². The Morgan fingerprint density at radius 1 is 0.864 bits per heavy atom. The molecular formula is C47H50FN5O6. The molecule has 11 nitrogen and oxygen atoms in total. The number of methoxy groups -OCH3 is 1. The van der Waals surface area contributed by atoms with Crippen molar-refractivity contribution in [2.24, 2.45) is 5.92 Å². The molecule has 59 heavy (non-hydrogen) atoms. The van der Waals surface area contributed by atoms with Gasteiger partial charge in [0, 0.05) is 68.8 Å². The third kappa shape index (κ3) is 6.75. The van der Waals surface area contributed by atoms with Gasteiger partial charge in [0.2, 0.25) is 11.8 Å². The number of anilines is 2. The second-order valence-corrected chi connectivity index (χ2v) is 17.2. The molecule has 2 N–H and O–H groups in total. The Morgan fingerprint density at radius 2 is 1.69 bits per heavy atom. The first-order valence-electron chi connectivity index (χ1n) is 21.2. The average molecular weight is 800 g/mol. The summed E-state index contributed by atoms with van der Waals surface area (Å²) in [7, 11) is 1.67. The number of phenolic OH excluding ortho intramolecular Hbond substituents is 1. The summed E-state index contributed by atoms with van der Waals surface area (Å²) in [5, 5.41) is 12.7. The van der Waals surface area contributed by atoms with Crippen molar-refractivity contribution in [2.75, 3.05) is 62.8 Å². The molecule has 4 aromatic carbocycles. The molecule has 1 aliphatic carbocycles. The van der Waals surface area contributed by atoms with Crippen LogP contribution in [-0.2, 0) is 22.6 Å². The molecule has 0 aromatic heterocycles. The second kappa shape index (κ2) is 15.2. The molecule has 6 aliphatic rings. The van der Waals surface area contributed by atoms with Crippen LogP contribution < -0.4 is 24.6 Å². The molecule has 3 fully saturated rings. The van der Waals surface area contributed by atoms with E-state index in [0.29, 0.717) is 42.4 Å². The minimum absolute atomic E-state index is 0.0926. The maximum Gasteiger partial charge on any atom is 0.255 e. The zero-order chi connectivity index (χ0) is 40.4. The first-order chi connectivity index (χ1) is 28.7. The van der Waals surface area contributed by atoms with Gasteiger partial charge in [-0.2, -0.15) is 0 Å². The lowest BCUT2D eigenvalue weighted by molar-refractivity contribution is -0.136. The fourth-order valence-corrected chi connectivity index (χ4v) is 10.9. The van der Waals surface area contributed by atoms with E-state index in [4.69, 9.17) is 9.47 Å². The summed E-state index contributed by atoms with van der Waals surface area (Å²) in [6.07, 6.45) is 4.22. The zero-order valence-electron chi connectivity index (χ0n) is 33.4. The van der Waals surface area contributed by atoms with E-state index in [1.807, 2.05) is 48.5 Å². The summed E-state index contributed by atoms with van der Waals surface area (Å²) in [6, 6.07) is 22.9. The van der Waals surface area contributed by atoms with Gasteiger partial charge in [-0.3, -0.25) is 24.6 Å². The predicted molar refractivity (Wildman–Crippen MR) is 221 cm³/mol. The highest BCUT2D eigenvalue weighted by molar-refractivity contribution is 6.06. The summed E-state index contributed by atoms with van der Waals surface area (Å²) in [4.78, 5) is 46.6. The summed E-state index contributed by atoms with van der Waals surface area (Å²) >= 11 is 0. The normalized spacial score (nSPS) is 24.5. The van der Waals surface area contributed by atoms with Gasteiger partial charge in [0.1, 0.15) is 35.7 Å². The number of carbonyl (C=O) groups is 3. The number of amides is 3. The van der Waals surface area contributed by atoms with E-state index in [2.05, 4.69) is 32.1 Å². The third-order valence-electron chi connectivity index (χ3n) is 13.9. The van der Waals surface area contributed by atoms with Crippen molar-refractivity contribution in [3.63, 3.8) is 0 Å². The molecule has 0 spiro atoms. The van der Waals surface area contributed by atoms with E-state index in [9.17, 15) is 19.5 Å². The van der Waals surface area contributed by atoms with E-state index < -0.39 is 11.9 Å². The van der Waals surface area contributed by atoms with Gasteiger partial charge in [0.05, 0.1) is 31.1 Å². The lowest BCUT2D eigenvalue weighted by Crippen LogP contribution is -2.58. The van der Waals surface area contributed by atoms with Gasteiger partial charge in [-0.15, -0.1) is 0 Å². The van der Waals surface area contributed by atoms with Crippen LogP contribution in [0.5, 0.6) is 17.2 Å². The number of aromatic hydroxyl groups is 1. The highest BCUT2D eigenvalue weighted by atomic mass is 19.1. The van der Waals surface area contributed by atoms with Crippen LogP contribution in [0, 0.1) is 11.7 Å². The molecular weight excluding hydrogens is 750 g/mol. The second-order valence-electron chi connectivity index (χ2n) is 17.2. The predicted octanol–water partition coefficient (Wildman–Crippen LogP) is 5.96. The number of benzene rings is 4. The van der Waals surface area contributed by atoms with Crippen molar-refractivity contribution in [1.29, 1.82) is 0 Å². The number of rotatable bonds is 7. The number of halogens is 1. The Labute approximate surface area is 343 Å². The van der Waals surface area contributed by atoms with Crippen molar-refractivity contribution < 1.29 is 33.4 Å². The van der Waals surface area contributed by atoms with Crippen LogP contribution >= 0.6 is 0 Å². The fraction of sp³-hybridized carbons (Fsp3) is 0.426. The van der Waals surface area contributed by atoms with Gasteiger partial charge < -0.3 is 29.3 Å². The quantitative estimate of drug-likeness (QED) is 0.219. The number of piperidine rings is 2. The Hall–Kier alpha value is -5.62. The number of aryl methyl sites for hydroxylation is 1. The minimum atomic E-state index is -0.658. The summed E-state index contributed by atoms with van der Waals surface area (Å²) < 4.78 is 29.0. The number of carbonyl (C=O) groups excluding carboxylic acids is 3. The fourth-order valence-electron chi connectivity index (χ4n) is 10.9. The number of nitrogens with zero attached hydrogens (tertiary/aromatic N) is 4. The zero-order valence-corrected chi connectivity index (χ0v) is 33.4. The molecule has 1 unspecified atom stereocenters. The molecule has 3 amide bonds. The number of hydrogen-bond donors (Lipinski definition) is 2. The lowest BCUT2D eigenvalue weighted by Gasteiger charge is -2.47. The summed E-state index contributed by atoms with van der Waals surface area (Å²) in [5.41, 5.74) is 7.13. The van der Waals surface area contributed by atoms with Gasteiger partial charge >= 0.3 is 0 Å². The third-order valence-corrected chi connectivity index (χ3v) is 13.9. The van der Waals surface area contributed by atoms with Gasteiger partial charge in [-0.1, -0.05) is 36.4 Å². The molecule has 0 radical (unpaired) electrons. The average Bonchev–Trinajstić information content (AvgIpc) is 3.59. The van der Waals surface area contributed by atoms with Gasteiger partial charge in [0.25, 0.3) is 5.91 Å². The number of piperazine rings is 1. The Balaban J connectivity index is 0.793. The highest BCUT2D eigenvalue weighted by Crippen LogP contribution is 2.50. The van der Waals surface area contributed by atoms with E-state index in [-0.39, 0.29) is 47.7 Å². The van der Waals surface area contributed by atoms with E-state index in [1.54, 1.807) is 24.1 Å². The van der Waals surface area contributed by atoms with Crippen molar-refractivity contribution in [2.45, 2.75) is 69.0 Å². The number of hydrogen-bond acceptors (Lipinski definition) is 9. The summed E-state index contributed by atoms with van der Waals surface area (Å²) in [5.74, 6) is 0.925. The number of imide groups is 1. The van der Waals surface area contributed by atoms with Gasteiger partial charge in [0.15, 0.2) is 0 Å². The van der Waals surface area contributed by atoms with Crippen LogP contribution in [0.2, 0.25) is 0 Å². The van der Waals surface area contributed by atoms with Crippen molar-refractivity contribution in [3.8, 4) is 17.2 Å². The molecule has 3 saturated heterocycles. The molecule has 5 aliphatic heterocycles. The maximum atomic E-state index is 16.6. The van der Waals surface area contributed by atoms with Crippen LogP contribution in [0.4, 0.5) is 15.8 Å². The highest BCUT2D eigenvalue weighted by Gasteiger charge is 2.43. The number of fused-ring (bicyclic) bond motifs is 6. The van der Waals surface area contributed by atoms with E-state index >= 15 is 4.39 Å². The Morgan fingerprint density at radius 3 is 2.49 bits per heavy atom. The minimum Gasteiger partial charge on any atom is -0.508 e. The molecule has 5 heterocycles. The molecule has 306 valence electrons. The maximum absolute atomic E-state index is 16.6. The van der Waals surface area contributed by atoms with Crippen molar-refractivity contribution in [1.82, 2.24) is 15.1 Å². The Bertz CT molecular complexity index is 2310. The molecule has 12 heteroatoms. The van der Waals surface area contributed by atoms with E-state index in [0.717, 1.165) is 98.8 Å². The number of nitrogens with one attached hydrogen (secondary N) is 1. The van der Waals surface area contributed by atoms with Crippen molar-refractivity contribution in [3.05, 3.63) is 112 Å². The van der Waals surface area contributed by atoms with Crippen molar-refractivity contribution >= 4 is 29.1 Å². The Kier molecular flexibility index (Phi) is 9.70. The number of phenols is 1. The van der Waals surface area contributed by atoms with E-state index in [1.165, 1.54) is 5.56 Å². The van der Waals surface area contributed by atoms with Crippen LogP contribution in [0.25, 0.3) is 0 Å². The molecule has 4 atom stereocenters. The molecule has 0 bridgehead atoms. The molecule has 4 aromatic rings. The number of ether oxygens (including phenoxy) is 2. The standard InChI is InChI=1S/C47H50FN5O6/c1-58-42-22-36(44-33(29-5-3-2-4-6-29)9-7-30-21-32(54)8-10-34(30)44)38(48)23-41(42)51-17-15-28(16-18-51)24-50-19-20-52-31(25-50)27-59-45-37-26-53(40-13-14-43(55)49-46(40)56)47(57)35(37)11-12-39(45)52/h2-6,8,10-12,21-23,28,31,33,40,44,54H,7,9,13-20,24-27H2,1H3,(H,49,55,56)/t31?,33-,40+,44+/m1/s1. The summed E-state index contributed by atoms with van der Waals surface area (Å²) in [6.45, 7) is 6.10. The first kappa shape index (κ1) is 37.6. The largest absolute Gasteiger partial charge is 0.508 e. The molecule has 0 saturated carbocycles. The van der Waals surface area contributed by atoms with Crippen LogP contribution in [0.3, 0.4) is 0 Å². The lowest BCUT2D eigenvalue weighted by atomic mass is 9.69. The molecule has 10 rings (SSSR count). The van der Waals surface area contributed by atoms with Gasteiger partial charge in [-0.25, -0.2) is 4.39 Å². The van der Waals surface area contributed by atoms with Crippen LogP contribution in [0.15, 0.2) is 72.8 Å². The SMILES string of the molecule is COc1cc([C@@H]2c3ccc(O)cc3CC[C@@H]2c2ccccc2)c(F)cc1N1CCC(CN2CCN3c4ccc5c(c4OCC3C2)CN([C@H]2CCC(=O)NC2=O)C5=O)CC1. The first-order valence-corrected chi connectivity index (χ1v) is 21.2. The van der Waals surface area contributed by atoms with Crippen LogP contribution in [0.1, 0.15) is 82.1 Å². The smallest absolute Gasteiger partial charge is 0.255 e. The van der Waals surface area contributed by atoms with Gasteiger partial charge in [-0.05, 0) is 96.5 Å².